The fraction of sp³-hybridized carbons (Fsp3) is 0.212. The van der Waals surface area contributed by atoms with Crippen molar-refractivity contribution in [2.75, 3.05) is 6.61 Å². The summed E-state index contributed by atoms with van der Waals surface area (Å²) < 4.78 is 60.5. The van der Waals surface area contributed by atoms with Gasteiger partial charge in [-0.25, -0.2) is 27.9 Å². The van der Waals surface area contributed by atoms with E-state index in [1.54, 1.807) is 42.3 Å². The normalized spacial score (nSPS) is 14.5. The number of aromatic carboxylic acids is 1. The monoisotopic (exact) mass is 645 g/mol. The lowest BCUT2D eigenvalue weighted by atomic mass is 10.0. The second kappa shape index (κ2) is 12.1. The zero-order chi connectivity index (χ0) is 31.9. The van der Waals surface area contributed by atoms with Crippen LogP contribution in [0.2, 0.25) is 0 Å². The molecule has 1 saturated heterocycles. The standard InChI is InChI=1S/C33H26F3N5O4S/c1-40-15-20(14-37-40)29-13-25(36)30(46-29)17-45-32-4-2-3-26(39-32)22-12-23(34)19(9-24(22)35)11-31-38-27-6-5-18(33(42)43)10-28(27)41(31)16-21-7-8-44-21/h2-6,9-10,12-15,21H,7-8,11,16-17H2,1H3,(H,42,43)/t21-/m0/s1. The molecule has 5 heterocycles. The van der Waals surface area contributed by atoms with Crippen molar-refractivity contribution in [3.63, 3.8) is 0 Å². The molecule has 1 aliphatic heterocycles. The summed E-state index contributed by atoms with van der Waals surface area (Å²) in [6.07, 6.45) is 4.17. The third-order valence-corrected chi connectivity index (χ3v) is 8.97. The summed E-state index contributed by atoms with van der Waals surface area (Å²) in [7, 11) is 1.78. The van der Waals surface area contributed by atoms with Crippen LogP contribution >= 0.6 is 11.3 Å². The topological polar surface area (TPSA) is 104 Å². The van der Waals surface area contributed by atoms with Crippen molar-refractivity contribution in [1.29, 1.82) is 0 Å². The predicted molar refractivity (Wildman–Crippen MR) is 164 cm³/mol. The Balaban J connectivity index is 1.12. The van der Waals surface area contributed by atoms with Crippen molar-refractivity contribution in [1.82, 2.24) is 24.3 Å². The number of nitrogens with zero attached hydrogens (tertiary/aromatic N) is 5. The molecule has 4 aromatic heterocycles. The van der Waals surface area contributed by atoms with E-state index in [-0.39, 0.29) is 47.4 Å². The van der Waals surface area contributed by atoms with E-state index < -0.39 is 23.4 Å². The van der Waals surface area contributed by atoms with Crippen LogP contribution in [0.15, 0.2) is 67.0 Å². The van der Waals surface area contributed by atoms with Gasteiger partial charge in [0.05, 0.1) is 46.0 Å². The highest BCUT2D eigenvalue weighted by molar-refractivity contribution is 7.15. The van der Waals surface area contributed by atoms with E-state index in [1.807, 2.05) is 4.57 Å². The van der Waals surface area contributed by atoms with Crippen LogP contribution in [-0.4, -0.2) is 48.1 Å². The van der Waals surface area contributed by atoms with Gasteiger partial charge in [-0.15, -0.1) is 11.3 Å². The summed E-state index contributed by atoms with van der Waals surface area (Å²) in [5.74, 6) is -2.25. The number of ether oxygens (including phenoxy) is 2. The lowest BCUT2D eigenvalue weighted by Gasteiger charge is -2.27. The van der Waals surface area contributed by atoms with Crippen LogP contribution in [-0.2, 0) is 31.4 Å². The molecule has 2 aromatic carbocycles. The summed E-state index contributed by atoms with van der Waals surface area (Å²) in [5.41, 5.74) is 2.19. The van der Waals surface area contributed by atoms with Gasteiger partial charge in [0.15, 0.2) is 0 Å². The van der Waals surface area contributed by atoms with E-state index in [1.165, 1.54) is 35.6 Å². The molecule has 0 radical (unpaired) electrons. The van der Waals surface area contributed by atoms with Crippen LogP contribution in [0.3, 0.4) is 0 Å². The number of carboxylic acids is 1. The molecule has 0 saturated carbocycles. The molecule has 0 unspecified atom stereocenters. The van der Waals surface area contributed by atoms with Crippen molar-refractivity contribution in [2.45, 2.75) is 32.1 Å². The van der Waals surface area contributed by atoms with Crippen molar-refractivity contribution in [3.8, 4) is 27.6 Å². The molecule has 6 aromatic rings. The number of pyridine rings is 1. The zero-order valence-corrected chi connectivity index (χ0v) is 25.2. The number of carboxylic acid groups (broad SMARTS) is 1. The number of imidazole rings is 1. The van der Waals surface area contributed by atoms with E-state index in [0.717, 1.165) is 24.1 Å². The molecule has 0 aliphatic carbocycles. The fourth-order valence-corrected chi connectivity index (χ4v) is 6.27. The Morgan fingerprint density at radius 2 is 1.93 bits per heavy atom. The van der Waals surface area contributed by atoms with E-state index in [9.17, 15) is 14.3 Å². The van der Waals surface area contributed by atoms with Gasteiger partial charge in [-0.3, -0.25) is 4.68 Å². The maximum atomic E-state index is 15.5. The highest BCUT2D eigenvalue weighted by Crippen LogP contribution is 2.32. The van der Waals surface area contributed by atoms with Crippen LogP contribution in [0.4, 0.5) is 13.2 Å². The molecule has 1 N–H and O–H groups in total. The van der Waals surface area contributed by atoms with Gasteiger partial charge in [-0.05, 0) is 54.4 Å². The average Bonchev–Trinajstić information content (AvgIpc) is 3.71. The third-order valence-electron chi connectivity index (χ3n) is 7.84. The Hall–Kier alpha value is -5.01. The minimum Gasteiger partial charge on any atom is -0.478 e. The lowest BCUT2D eigenvalue weighted by Crippen LogP contribution is -2.31. The molecule has 234 valence electrons. The number of carbonyl (C=O) groups is 1. The first kappa shape index (κ1) is 29.7. The summed E-state index contributed by atoms with van der Waals surface area (Å²) in [5, 5.41) is 13.6. The quantitative estimate of drug-likeness (QED) is 0.178. The first-order valence-electron chi connectivity index (χ1n) is 14.4. The second-order valence-corrected chi connectivity index (χ2v) is 12.1. The molecule has 0 spiro atoms. The van der Waals surface area contributed by atoms with Crippen LogP contribution < -0.4 is 4.74 Å². The number of fused-ring (bicyclic) bond motifs is 1. The molecule has 7 rings (SSSR count). The van der Waals surface area contributed by atoms with Crippen molar-refractivity contribution >= 4 is 28.3 Å². The van der Waals surface area contributed by atoms with Crippen molar-refractivity contribution in [2.24, 2.45) is 7.05 Å². The van der Waals surface area contributed by atoms with E-state index >= 15 is 8.78 Å². The molecular formula is C33H26F3N5O4S. The van der Waals surface area contributed by atoms with Crippen molar-refractivity contribution in [3.05, 3.63) is 106 Å². The molecule has 1 fully saturated rings. The molecule has 0 bridgehead atoms. The fourth-order valence-electron chi connectivity index (χ4n) is 5.35. The Bertz CT molecular complexity index is 2100. The van der Waals surface area contributed by atoms with E-state index in [4.69, 9.17) is 9.47 Å². The number of aryl methyl sites for hydroxylation is 1. The third kappa shape index (κ3) is 5.86. The van der Waals surface area contributed by atoms with E-state index in [0.29, 0.717) is 39.8 Å². The Morgan fingerprint density at radius 1 is 1.09 bits per heavy atom. The molecule has 46 heavy (non-hydrogen) atoms. The van der Waals surface area contributed by atoms with Crippen LogP contribution in [0.1, 0.15) is 33.0 Å². The minimum absolute atomic E-state index is 0.0309. The van der Waals surface area contributed by atoms with Crippen LogP contribution in [0.5, 0.6) is 5.88 Å². The van der Waals surface area contributed by atoms with Gasteiger partial charge in [-0.1, -0.05) is 6.07 Å². The number of aromatic nitrogens is 5. The van der Waals surface area contributed by atoms with Crippen molar-refractivity contribution < 1.29 is 32.5 Å². The maximum Gasteiger partial charge on any atom is 0.335 e. The van der Waals surface area contributed by atoms with Crippen LogP contribution in [0, 0.1) is 17.5 Å². The molecule has 1 aliphatic rings. The number of halogens is 3. The van der Waals surface area contributed by atoms with Gasteiger partial charge in [0.1, 0.15) is 29.9 Å². The first-order valence-corrected chi connectivity index (χ1v) is 15.2. The summed E-state index contributed by atoms with van der Waals surface area (Å²) in [6, 6.07) is 12.9. The largest absolute Gasteiger partial charge is 0.478 e. The van der Waals surface area contributed by atoms with Gasteiger partial charge in [-0.2, -0.15) is 5.10 Å². The molecule has 1 atom stereocenters. The number of rotatable bonds is 10. The zero-order valence-electron chi connectivity index (χ0n) is 24.4. The molecule has 9 nitrogen and oxygen atoms in total. The SMILES string of the molecule is Cn1cc(-c2cc(F)c(COc3cccc(-c4cc(F)c(Cc5nc6ccc(C(=O)O)cc6n5C[C@@H]5CCO5)cc4F)n3)s2)cn1. The van der Waals surface area contributed by atoms with Gasteiger partial charge in [0.25, 0.3) is 0 Å². The first-order chi connectivity index (χ1) is 22.2. The smallest absolute Gasteiger partial charge is 0.335 e. The van der Waals surface area contributed by atoms with Gasteiger partial charge < -0.3 is 19.1 Å². The Morgan fingerprint density at radius 3 is 2.67 bits per heavy atom. The number of thiophene rings is 1. The van der Waals surface area contributed by atoms with Gasteiger partial charge >= 0.3 is 5.97 Å². The lowest BCUT2D eigenvalue weighted by molar-refractivity contribution is -0.0589. The molecule has 13 heteroatoms. The van der Waals surface area contributed by atoms with Gasteiger partial charge in [0, 0.05) is 48.3 Å². The summed E-state index contributed by atoms with van der Waals surface area (Å²) >= 11 is 1.23. The highest BCUT2D eigenvalue weighted by atomic mass is 32.1. The number of hydrogen-bond acceptors (Lipinski definition) is 7. The van der Waals surface area contributed by atoms with Gasteiger partial charge in [0.2, 0.25) is 5.88 Å². The number of hydrogen-bond donors (Lipinski definition) is 1. The molecule has 0 amide bonds. The molecular weight excluding hydrogens is 619 g/mol. The Labute approximate surface area is 264 Å². The summed E-state index contributed by atoms with van der Waals surface area (Å²) in [4.78, 5) is 21.6. The Kier molecular flexibility index (Phi) is 7.79. The van der Waals surface area contributed by atoms with E-state index in [2.05, 4.69) is 15.1 Å². The second-order valence-electron chi connectivity index (χ2n) is 11.0. The average molecular weight is 646 g/mol. The van der Waals surface area contributed by atoms with Crippen LogP contribution in [0.25, 0.3) is 32.7 Å². The maximum absolute atomic E-state index is 15.5. The highest BCUT2D eigenvalue weighted by Gasteiger charge is 2.24. The number of benzene rings is 2. The predicted octanol–water partition coefficient (Wildman–Crippen LogP) is 6.63. The minimum atomic E-state index is -1.07. The summed E-state index contributed by atoms with van der Waals surface area (Å²) in [6.45, 7) is 0.949.